The fourth-order valence-corrected chi connectivity index (χ4v) is 3.12. The van der Waals surface area contributed by atoms with Gasteiger partial charge in [0, 0.05) is 24.4 Å². The van der Waals surface area contributed by atoms with E-state index in [1.807, 2.05) is 30.3 Å². The van der Waals surface area contributed by atoms with E-state index in [2.05, 4.69) is 5.32 Å². The Hall–Kier alpha value is -3.21. The zero-order chi connectivity index (χ0) is 18.7. The molecule has 0 saturated heterocycles. The number of amides is 2. The maximum Gasteiger partial charge on any atom is 0.226 e. The van der Waals surface area contributed by atoms with Crippen molar-refractivity contribution in [3.05, 3.63) is 71.4 Å². The Morgan fingerprint density at radius 3 is 2.54 bits per heavy atom. The average molecular weight is 348 g/mol. The van der Waals surface area contributed by atoms with Gasteiger partial charge in [0.25, 0.3) is 0 Å². The van der Waals surface area contributed by atoms with Gasteiger partial charge in [0.2, 0.25) is 11.8 Å². The summed E-state index contributed by atoms with van der Waals surface area (Å²) in [7, 11) is 0. The molecule has 2 amide bonds. The minimum Gasteiger partial charge on any atom is -0.326 e. The third-order valence-electron chi connectivity index (χ3n) is 4.40. The van der Waals surface area contributed by atoms with E-state index in [0.717, 1.165) is 11.1 Å². The van der Waals surface area contributed by atoms with Crippen molar-refractivity contribution in [2.75, 3.05) is 5.32 Å². The molecule has 1 aliphatic rings. The van der Waals surface area contributed by atoms with Crippen molar-refractivity contribution in [1.82, 2.24) is 4.90 Å². The second-order valence-electron chi connectivity index (χ2n) is 6.28. The van der Waals surface area contributed by atoms with E-state index in [9.17, 15) is 14.4 Å². The molecule has 0 unspecified atom stereocenters. The minimum atomic E-state index is -0.357. The molecular formula is C21H20N2O3. The molecule has 132 valence electrons. The smallest absolute Gasteiger partial charge is 0.226 e. The third-order valence-corrected chi connectivity index (χ3v) is 4.40. The van der Waals surface area contributed by atoms with Crippen LogP contribution in [0.25, 0.3) is 6.08 Å². The summed E-state index contributed by atoms with van der Waals surface area (Å²) in [5.41, 5.74) is 3.05. The summed E-state index contributed by atoms with van der Waals surface area (Å²) in [5.74, 6) is -0.394. The molecular weight excluding hydrogens is 328 g/mol. The Morgan fingerprint density at radius 2 is 1.81 bits per heavy atom. The Labute approximate surface area is 152 Å². The number of nitrogens with one attached hydrogen (secondary N) is 1. The zero-order valence-corrected chi connectivity index (χ0v) is 14.7. The average Bonchev–Trinajstić information content (AvgIpc) is 2.61. The lowest BCUT2D eigenvalue weighted by molar-refractivity contribution is -0.129. The standard InChI is InChI=1S/C21H20N2O3/c1-14(24)17-7-5-8-18(12-17)22-21(26)13-20-19-9-4-3-6-16(19)10-11-23(20)15(2)25/h3-12,20H,13H2,1-2H3,(H,22,26)/t20-/m0/s1. The summed E-state index contributed by atoms with van der Waals surface area (Å²) in [6.45, 7) is 2.97. The Morgan fingerprint density at radius 1 is 1.04 bits per heavy atom. The second kappa shape index (κ2) is 7.35. The summed E-state index contributed by atoms with van der Waals surface area (Å²) in [6.07, 6.45) is 3.73. The van der Waals surface area contributed by atoms with Crippen molar-refractivity contribution < 1.29 is 14.4 Å². The molecule has 0 bridgehead atoms. The fraction of sp³-hybridized carbons (Fsp3) is 0.190. The highest BCUT2D eigenvalue weighted by molar-refractivity contribution is 5.97. The molecule has 5 heteroatoms. The number of ketones is 1. The largest absolute Gasteiger partial charge is 0.326 e. The summed E-state index contributed by atoms with van der Waals surface area (Å²) in [5, 5.41) is 2.82. The Bertz CT molecular complexity index is 902. The number of carbonyl (C=O) groups is 3. The van der Waals surface area contributed by atoms with Crippen molar-refractivity contribution >= 4 is 29.4 Å². The summed E-state index contributed by atoms with van der Waals surface area (Å²) >= 11 is 0. The van der Waals surface area contributed by atoms with E-state index in [1.165, 1.54) is 13.8 Å². The predicted molar refractivity (Wildman–Crippen MR) is 100 cm³/mol. The van der Waals surface area contributed by atoms with Gasteiger partial charge in [0.15, 0.2) is 5.78 Å². The molecule has 5 nitrogen and oxygen atoms in total. The lowest BCUT2D eigenvalue weighted by Crippen LogP contribution is -2.33. The maximum atomic E-state index is 12.6. The van der Waals surface area contributed by atoms with Crippen molar-refractivity contribution in [3.8, 4) is 0 Å². The van der Waals surface area contributed by atoms with Gasteiger partial charge in [-0.2, -0.15) is 0 Å². The Kier molecular flexibility index (Phi) is 4.98. The summed E-state index contributed by atoms with van der Waals surface area (Å²) in [4.78, 5) is 37.6. The number of benzene rings is 2. The third kappa shape index (κ3) is 3.72. The van der Waals surface area contributed by atoms with E-state index in [-0.39, 0.29) is 30.1 Å². The molecule has 1 heterocycles. The Balaban J connectivity index is 1.80. The highest BCUT2D eigenvalue weighted by Crippen LogP contribution is 2.33. The van der Waals surface area contributed by atoms with Gasteiger partial charge in [0.05, 0.1) is 12.5 Å². The van der Waals surface area contributed by atoms with Crippen molar-refractivity contribution in [1.29, 1.82) is 0 Å². The van der Waals surface area contributed by atoms with Gasteiger partial charge in [0.1, 0.15) is 0 Å². The molecule has 0 radical (unpaired) electrons. The van der Waals surface area contributed by atoms with Crippen LogP contribution in [0.1, 0.15) is 47.8 Å². The highest BCUT2D eigenvalue weighted by Gasteiger charge is 2.28. The topological polar surface area (TPSA) is 66.5 Å². The molecule has 1 atom stereocenters. The van der Waals surface area contributed by atoms with Gasteiger partial charge in [-0.1, -0.05) is 36.4 Å². The monoisotopic (exact) mass is 348 g/mol. The fourth-order valence-electron chi connectivity index (χ4n) is 3.12. The predicted octanol–water partition coefficient (Wildman–Crippen LogP) is 3.79. The van der Waals surface area contributed by atoms with Crippen LogP contribution in [0.2, 0.25) is 0 Å². The van der Waals surface area contributed by atoms with Crippen LogP contribution in [-0.2, 0) is 9.59 Å². The number of hydrogen-bond acceptors (Lipinski definition) is 3. The maximum absolute atomic E-state index is 12.6. The molecule has 0 fully saturated rings. The SMILES string of the molecule is CC(=O)c1cccc(NC(=O)C[C@H]2c3ccccc3C=CN2C(C)=O)c1. The van der Waals surface area contributed by atoms with Gasteiger partial charge in [-0.05, 0) is 36.3 Å². The minimum absolute atomic E-state index is 0.0600. The number of fused-ring (bicyclic) bond motifs is 1. The van der Waals surface area contributed by atoms with E-state index < -0.39 is 0 Å². The van der Waals surface area contributed by atoms with Crippen LogP contribution in [0.3, 0.4) is 0 Å². The van der Waals surface area contributed by atoms with E-state index >= 15 is 0 Å². The van der Waals surface area contributed by atoms with E-state index in [1.54, 1.807) is 35.4 Å². The van der Waals surface area contributed by atoms with Crippen LogP contribution in [0.15, 0.2) is 54.7 Å². The van der Waals surface area contributed by atoms with Crippen molar-refractivity contribution in [2.24, 2.45) is 0 Å². The van der Waals surface area contributed by atoms with Crippen molar-refractivity contribution in [3.63, 3.8) is 0 Å². The number of carbonyl (C=O) groups excluding carboxylic acids is 3. The van der Waals surface area contributed by atoms with Gasteiger partial charge in [-0.25, -0.2) is 0 Å². The molecule has 0 aromatic heterocycles. The molecule has 2 aromatic carbocycles. The second-order valence-corrected chi connectivity index (χ2v) is 6.28. The number of rotatable bonds is 4. The van der Waals surface area contributed by atoms with Gasteiger partial charge >= 0.3 is 0 Å². The number of Topliss-reactive ketones (excluding diaryl/α,β-unsaturated/α-hetero) is 1. The number of hydrogen-bond donors (Lipinski definition) is 1. The molecule has 1 N–H and O–H groups in total. The van der Waals surface area contributed by atoms with Crippen LogP contribution in [0.4, 0.5) is 5.69 Å². The molecule has 0 spiro atoms. The first kappa shape index (κ1) is 17.6. The van der Waals surface area contributed by atoms with Gasteiger partial charge in [-0.3, -0.25) is 14.4 Å². The molecule has 3 rings (SSSR count). The van der Waals surface area contributed by atoms with Crippen LogP contribution in [-0.4, -0.2) is 22.5 Å². The molecule has 0 saturated carbocycles. The van der Waals surface area contributed by atoms with Gasteiger partial charge in [-0.15, -0.1) is 0 Å². The molecule has 1 aliphatic heterocycles. The highest BCUT2D eigenvalue weighted by atomic mass is 16.2. The summed E-state index contributed by atoms with van der Waals surface area (Å²) in [6, 6.07) is 14.2. The molecule has 2 aromatic rings. The number of nitrogens with zero attached hydrogens (tertiary/aromatic N) is 1. The first-order valence-electron chi connectivity index (χ1n) is 8.42. The zero-order valence-electron chi connectivity index (χ0n) is 14.7. The van der Waals surface area contributed by atoms with Crippen LogP contribution in [0.5, 0.6) is 0 Å². The number of anilines is 1. The van der Waals surface area contributed by atoms with Crippen molar-refractivity contribution in [2.45, 2.75) is 26.3 Å². The molecule has 0 aliphatic carbocycles. The summed E-state index contributed by atoms with van der Waals surface area (Å²) < 4.78 is 0. The first-order valence-corrected chi connectivity index (χ1v) is 8.42. The quantitative estimate of drug-likeness (QED) is 0.855. The van der Waals surface area contributed by atoms with Gasteiger partial charge < -0.3 is 10.2 Å². The first-order chi connectivity index (χ1) is 12.5. The van der Waals surface area contributed by atoms with Crippen LogP contribution in [0, 0.1) is 0 Å². The lowest BCUT2D eigenvalue weighted by Gasteiger charge is -2.32. The van der Waals surface area contributed by atoms with Crippen LogP contribution < -0.4 is 5.32 Å². The van der Waals surface area contributed by atoms with E-state index in [0.29, 0.717) is 11.3 Å². The lowest BCUT2D eigenvalue weighted by atomic mass is 9.93. The molecule has 26 heavy (non-hydrogen) atoms. The van der Waals surface area contributed by atoms with E-state index in [4.69, 9.17) is 0 Å². The van der Waals surface area contributed by atoms with Crippen LogP contribution >= 0.6 is 0 Å². The normalized spacial score (nSPS) is 15.3.